The second-order valence-corrected chi connectivity index (χ2v) is 8.31. The van der Waals surface area contributed by atoms with Crippen molar-refractivity contribution in [2.24, 2.45) is 0 Å². The molecule has 0 fully saturated rings. The third-order valence-corrected chi connectivity index (χ3v) is 4.94. The molecule has 7 nitrogen and oxygen atoms in total. The molecule has 0 radical (unpaired) electrons. The number of aliphatic hydroxyl groups excluding tert-OH is 1. The van der Waals surface area contributed by atoms with Crippen molar-refractivity contribution < 1.29 is 28.8 Å². The summed E-state index contributed by atoms with van der Waals surface area (Å²) in [4.78, 5) is 29.2. The molecule has 160 valence electrons. The number of phosphoric acid groups is 1. The monoisotopic (exact) mass is 415 g/mol. The van der Waals surface area contributed by atoms with Gasteiger partial charge in [-0.15, -0.1) is 0 Å². The average molecular weight is 415 g/mol. The molecule has 0 aliphatic heterocycles. The highest BCUT2D eigenvalue weighted by Gasteiger charge is 2.19. The van der Waals surface area contributed by atoms with Crippen molar-refractivity contribution in [3.63, 3.8) is 0 Å². The van der Waals surface area contributed by atoms with Crippen molar-refractivity contribution in [1.29, 1.82) is 0 Å². The number of carbonyl (C=O) groups excluding carboxylic acids is 1. The lowest BCUT2D eigenvalue weighted by Crippen LogP contribution is -2.40. The molecule has 0 aliphatic rings. The first kappa shape index (κ1) is 24.8. The normalized spacial score (nSPS) is 12.7. The number of rotatable bonds is 15. The van der Waals surface area contributed by atoms with Crippen LogP contribution in [0.1, 0.15) is 63.0 Å². The van der Waals surface area contributed by atoms with E-state index < -0.39 is 27.1 Å². The number of phosphoric ester groups is 1. The van der Waals surface area contributed by atoms with Gasteiger partial charge >= 0.3 is 7.82 Å². The highest BCUT2D eigenvalue weighted by atomic mass is 31.2. The molecule has 0 spiro atoms. The van der Waals surface area contributed by atoms with E-state index in [0.29, 0.717) is 12.8 Å². The van der Waals surface area contributed by atoms with Gasteiger partial charge in [0.05, 0.1) is 19.3 Å². The number of unbranched alkanes of at least 4 members (excludes halogenated alkanes) is 4. The van der Waals surface area contributed by atoms with Crippen molar-refractivity contribution in [3.05, 3.63) is 35.4 Å². The molecule has 28 heavy (non-hydrogen) atoms. The molecule has 0 aromatic heterocycles. The van der Waals surface area contributed by atoms with Crippen LogP contribution in [0.15, 0.2) is 24.3 Å². The number of amides is 1. The van der Waals surface area contributed by atoms with E-state index in [9.17, 15) is 9.36 Å². The van der Waals surface area contributed by atoms with E-state index >= 15 is 0 Å². The highest BCUT2D eigenvalue weighted by Crippen LogP contribution is 2.35. The van der Waals surface area contributed by atoms with Crippen molar-refractivity contribution in [3.8, 4) is 0 Å². The lowest BCUT2D eigenvalue weighted by molar-refractivity contribution is -0.122. The topological polar surface area (TPSA) is 116 Å². The number of nitrogens with one attached hydrogen (secondary N) is 1. The minimum Gasteiger partial charge on any atom is -0.394 e. The number of aliphatic hydroxyl groups is 1. The number of hydrogen-bond donors (Lipinski definition) is 4. The van der Waals surface area contributed by atoms with Crippen molar-refractivity contribution in [2.45, 2.75) is 70.8 Å². The maximum absolute atomic E-state index is 11.9. The van der Waals surface area contributed by atoms with Gasteiger partial charge in [-0.2, -0.15) is 0 Å². The van der Waals surface area contributed by atoms with Crippen LogP contribution in [0.25, 0.3) is 0 Å². The molecular formula is C20H34NO6P. The van der Waals surface area contributed by atoms with Gasteiger partial charge in [-0.1, -0.05) is 50.5 Å². The summed E-state index contributed by atoms with van der Waals surface area (Å²) in [5.41, 5.74) is 2.64. The molecular weight excluding hydrogens is 381 g/mol. The minimum atomic E-state index is -4.61. The Labute approximate surface area is 167 Å². The van der Waals surface area contributed by atoms with Crippen LogP contribution in [0.2, 0.25) is 0 Å². The van der Waals surface area contributed by atoms with Gasteiger partial charge in [0.25, 0.3) is 0 Å². The quantitative estimate of drug-likeness (QED) is 0.258. The fourth-order valence-electron chi connectivity index (χ4n) is 2.94. The van der Waals surface area contributed by atoms with E-state index in [2.05, 4.69) is 41.0 Å². The Morgan fingerprint density at radius 2 is 1.75 bits per heavy atom. The molecule has 1 aromatic rings. The zero-order valence-corrected chi connectivity index (χ0v) is 17.6. The van der Waals surface area contributed by atoms with Crippen LogP contribution < -0.4 is 5.32 Å². The number of benzene rings is 1. The zero-order chi connectivity index (χ0) is 20.8. The third kappa shape index (κ3) is 12.3. The van der Waals surface area contributed by atoms with Gasteiger partial charge in [0.1, 0.15) is 0 Å². The van der Waals surface area contributed by atoms with E-state index in [1.807, 2.05) is 0 Å². The Hall–Kier alpha value is -1.24. The SMILES string of the molecule is CCCCCCc1cccc(CCCCC(=O)N[C@H](CO)COP(=O)(O)O)c1. The first-order valence-corrected chi connectivity index (χ1v) is 11.5. The summed E-state index contributed by atoms with van der Waals surface area (Å²) in [5, 5.41) is 11.7. The minimum absolute atomic E-state index is 0.266. The average Bonchev–Trinajstić information content (AvgIpc) is 2.65. The first-order valence-electron chi connectivity index (χ1n) is 10.0. The molecule has 8 heteroatoms. The standard InChI is InChI=1S/C20H34NO6P/c1-2-3-4-5-9-17-11-8-12-18(14-17)10-6-7-13-20(23)21-19(15-22)16-27-28(24,25)26/h8,11-12,14,19,22H,2-7,9-10,13,15-16H2,1H3,(H,21,23)(H2,24,25,26)/t19-/m1/s1. The van der Waals surface area contributed by atoms with Gasteiger partial charge in [0.2, 0.25) is 5.91 Å². The highest BCUT2D eigenvalue weighted by molar-refractivity contribution is 7.46. The molecule has 1 aromatic carbocycles. The molecule has 1 atom stereocenters. The van der Waals surface area contributed by atoms with Crippen molar-refractivity contribution in [2.75, 3.05) is 13.2 Å². The van der Waals surface area contributed by atoms with Crippen molar-refractivity contribution >= 4 is 13.7 Å². The van der Waals surface area contributed by atoms with Gasteiger partial charge in [-0.05, 0) is 43.2 Å². The second-order valence-electron chi connectivity index (χ2n) is 7.07. The smallest absolute Gasteiger partial charge is 0.394 e. The molecule has 0 saturated heterocycles. The van der Waals surface area contributed by atoms with Crippen LogP contribution in [-0.4, -0.2) is 40.1 Å². The molecule has 0 saturated carbocycles. The summed E-state index contributed by atoms with van der Waals surface area (Å²) in [5.74, 6) is -0.266. The van der Waals surface area contributed by atoms with E-state index in [1.165, 1.54) is 36.8 Å². The van der Waals surface area contributed by atoms with Crippen LogP contribution >= 0.6 is 7.82 Å². The fourth-order valence-corrected chi connectivity index (χ4v) is 3.31. The maximum atomic E-state index is 11.9. The summed E-state index contributed by atoms with van der Waals surface area (Å²) in [7, 11) is -4.61. The van der Waals surface area contributed by atoms with Gasteiger partial charge in [-0.25, -0.2) is 4.57 Å². The summed E-state index contributed by atoms with van der Waals surface area (Å²) in [6.07, 6.45) is 8.88. The number of hydrogen-bond acceptors (Lipinski definition) is 4. The second kappa shape index (κ2) is 13.9. The van der Waals surface area contributed by atoms with Gasteiger partial charge in [0.15, 0.2) is 0 Å². The Morgan fingerprint density at radius 3 is 2.32 bits per heavy atom. The lowest BCUT2D eigenvalue weighted by atomic mass is 10.0. The van der Waals surface area contributed by atoms with Crippen LogP contribution in [0.4, 0.5) is 0 Å². The first-order chi connectivity index (χ1) is 13.3. The molecule has 0 heterocycles. The van der Waals surface area contributed by atoms with Crippen LogP contribution in [0.3, 0.4) is 0 Å². The lowest BCUT2D eigenvalue weighted by Gasteiger charge is -2.16. The van der Waals surface area contributed by atoms with E-state index in [0.717, 1.165) is 19.3 Å². The maximum Gasteiger partial charge on any atom is 0.469 e. The third-order valence-electron chi connectivity index (χ3n) is 4.46. The summed E-state index contributed by atoms with van der Waals surface area (Å²) in [6, 6.07) is 7.77. The Balaban J connectivity index is 2.26. The molecule has 4 N–H and O–H groups in total. The number of carbonyl (C=O) groups is 1. The van der Waals surface area contributed by atoms with Gasteiger partial charge < -0.3 is 20.2 Å². The van der Waals surface area contributed by atoms with E-state index in [4.69, 9.17) is 14.9 Å². The largest absolute Gasteiger partial charge is 0.469 e. The van der Waals surface area contributed by atoms with Crippen LogP contribution in [0, 0.1) is 0 Å². The summed E-state index contributed by atoms with van der Waals surface area (Å²) >= 11 is 0. The van der Waals surface area contributed by atoms with Gasteiger partial charge in [0, 0.05) is 6.42 Å². The Morgan fingerprint density at radius 1 is 1.11 bits per heavy atom. The summed E-state index contributed by atoms with van der Waals surface area (Å²) in [6.45, 7) is 1.33. The molecule has 0 bridgehead atoms. The van der Waals surface area contributed by atoms with Crippen LogP contribution in [-0.2, 0) is 26.7 Å². The van der Waals surface area contributed by atoms with E-state index in [-0.39, 0.29) is 5.91 Å². The predicted molar refractivity (Wildman–Crippen MR) is 109 cm³/mol. The van der Waals surface area contributed by atoms with E-state index in [1.54, 1.807) is 0 Å². The van der Waals surface area contributed by atoms with Crippen molar-refractivity contribution in [1.82, 2.24) is 5.32 Å². The predicted octanol–water partition coefficient (Wildman–Crippen LogP) is 3.11. The zero-order valence-electron chi connectivity index (χ0n) is 16.7. The Bertz CT molecular complexity index is 618. The fraction of sp³-hybridized carbons (Fsp3) is 0.650. The number of aryl methyl sites for hydroxylation is 2. The van der Waals surface area contributed by atoms with Gasteiger partial charge in [-0.3, -0.25) is 9.32 Å². The molecule has 0 unspecified atom stereocenters. The Kier molecular flexibility index (Phi) is 12.3. The summed E-state index contributed by atoms with van der Waals surface area (Å²) < 4.78 is 15.0. The molecule has 0 aliphatic carbocycles. The molecule has 1 amide bonds. The molecule has 1 rings (SSSR count). The van der Waals surface area contributed by atoms with Crippen LogP contribution in [0.5, 0.6) is 0 Å².